The minimum Gasteiger partial charge on any atom is -0.505 e. The van der Waals surface area contributed by atoms with Crippen molar-refractivity contribution in [3.63, 3.8) is 0 Å². The van der Waals surface area contributed by atoms with Crippen LogP contribution in [0.4, 0.5) is 0 Å². The molecule has 7 atom stereocenters. The Balaban J connectivity index is 1.75. The lowest BCUT2D eigenvalue weighted by Crippen LogP contribution is -2.64. The maximum absolute atomic E-state index is 14.2. The summed E-state index contributed by atoms with van der Waals surface area (Å²) in [7, 11) is 0. The molecular weight excluding hydrogens is 456 g/mol. The van der Waals surface area contributed by atoms with Crippen molar-refractivity contribution in [3.8, 4) is 0 Å². The van der Waals surface area contributed by atoms with E-state index < -0.39 is 27.4 Å². The Labute approximate surface area is 215 Å². The Morgan fingerprint density at radius 2 is 1.67 bits per heavy atom. The average molecular weight is 501 g/mol. The zero-order valence-electron chi connectivity index (χ0n) is 23.2. The van der Waals surface area contributed by atoms with E-state index in [1.165, 1.54) is 0 Å². The molecule has 4 rings (SSSR count). The molecule has 0 heterocycles. The van der Waals surface area contributed by atoms with Gasteiger partial charge in [0.1, 0.15) is 11.4 Å². The number of hydrogen-bond acceptors (Lipinski definition) is 6. The van der Waals surface area contributed by atoms with Crippen molar-refractivity contribution < 1.29 is 29.7 Å². The van der Waals surface area contributed by atoms with E-state index in [1.807, 2.05) is 20.8 Å². The van der Waals surface area contributed by atoms with E-state index in [2.05, 4.69) is 19.9 Å². The number of fused-ring (bicyclic) bond motifs is 5. The van der Waals surface area contributed by atoms with Gasteiger partial charge in [0, 0.05) is 30.1 Å². The first-order valence-corrected chi connectivity index (χ1v) is 13.4. The van der Waals surface area contributed by atoms with E-state index in [0.717, 1.165) is 12.0 Å². The highest BCUT2D eigenvalue weighted by Gasteiger charge is 2.72. The van der Waals surface area contributed by atoms with Gasteiger partial charge < -0.3 is 15.3 Å². The average Bonchev–Trinajstić information content (AvgIpc) is 3.02. The minimum atomic E-state index is -1.60. The largest absolute Gasteiger partial charge is 0.505 e. The zero-order chi connectivity index (χ0) is 27.3. The van der Waals surface area contributed by atoms with Crippen molar-refractivity contribution in [1.29, 1.82) is 0 Å². The molecule has 200 valence electrons. The van der Waals surface area contributed by atoms with E-state index in [4.69, 9.17) is 0 Å². The Morgan fingerprint density at radius 3 is 2.25 bits per heavy atom. The molecule has 6 nitrogen and oxygen atoms in total. The lowest BCUT2D eigenvalue weighted by atomic mass is 9.39. The van der Waals surface area contributed by atoms with Crippen molar-refractivity contribution in [2.45, 2.75) is 105 Å². The molecule has 36 heavy (non-hydrogen) atoms. The fourth-order valence-corrected chi connectivity index (χ4v) is 8.67. The highest BCUT2D eigenvalue weighted by molar-refractivity contribution is 6.02. The van der Waals surface area contributed by atoms with Crippen LogP contribution in [-0.2, 0) is 14.4 Å². The number of hydrogen-bond donors (Lipinski definition) is 3. The molecule has 0 aromatic rings. The summed E-state index contributed by atoms with van der Waals surface area (Å²) < 4.78 is 0. The monoisotopic (exact) mass is 500 g/mol. The van der Waals surface area contributed by atoms with Gasteiger partial charge >= 0.3 is 0 Å². The molecule has 0 amide bonds. The second-order valence-corrected chi connectivity index (χ2v) is 14.1. The molecule has 0 spiro atoms. The predicted molar refractivity (Wildman–Crippen MR) is 137 cm³/mol. The molecule has 0 aromatic carbocycles. The molecule has 6 heteroatoms. The molecule has 0 saturated heterocycles. The van der Waals surface area contributed by atoms with Crippen molar-refractivity contribution in [2.75, 3.05) is 0 Å². The van der Waals surface area contributed by atoms with E-state index in [0.29, 0.717) is 12.8 Å². The van der Waals surface area contributed by atoms with Gasteiger partial charge in [0.05, 0.1) is 11.0 Å². The van der Waals surface area contributed by atoms with Gasteiger partial charge in [0.2, 0.25) is 5.78 Å². The Bertz CT molecular complexity index is 1070. The number of carbonyl (C=O) groups excluding carboxylic acids is 3. The van der Waals surface area contributed by atoms with Gasteiger partial charge in [-0.25, -0.2) is 0 Å². The van der Waals surface area contributed by atoms with Crippen LogP contribution < -0.4 is 0 Å². The molecular formula is C30H44O6. The van der Waals surface area contributed by atoms with Crippen molar-refractivity contribution in [3.05, 3.63) is 23.5 Å². The standard InChI is InChI=1S/C30H44O6/c1-25(2,35)13-12-22(32)30(8,36)21-11-14-27(5)20-10-9-17-18(15-19(31)24(34)26(17,3)4)29(20,7)23(33)16-28(21,27)6/h9,15,18,20-21,31,35-36H,10-14,16H2,1-8H3/t18-,20+,21+,27+,28-,29+,30-/m1/s1. The summed E-state index contributed by atoms with van der Waals surface area (Å²) in [6.45, 7) is 14.8. The van der Waals surface area contributed by atoms with Crippen LogP contribution in [0.1, 0.15) is 93.9 Å². The number of aliphatic hydroxyl groups is 3. The third-order valence-electron chi connectivity index (χ3n) is 11.3. The van der Waals surface area contributed by atoms with Crippen LogP contribution in [-0.4, -0.2) is 43.9 Å². The summed E-state index contributed by atoms with van der Waals surface area (Å²) in [5, 5.41) is 32.3. The number of allylic oxidation sites excluding steroid dienone is 4. The first-order chi connectivity index (χ1) is 16.2. The molecule has 0 unspecified atom stereocenters. The maximum atomic E-state index is 14.2. The number of Topliss-reactive ketones (excluding diaryl/α,β-unsaturated/α-hetero) is 3. The number of aliphatic hydroxyl groups excluding tert-OH is 1. The molecule has 0 radical (unpaired) electrons. The second-order valence-electron chi connectivity index (χ2n) is 14.1. The highest BCUT2D eigenvalue weighted by atomic mass is 16.3. The number of ketones is 3. The summed E-state index contributed by atoms with van der Waals surface area (Å²) in [4.78, 5) is 40.2. The zero-order valence-corrected chi connectivity index (χ0v) is 23.2. The van der Waals surface area contributed by atoms with E-state index in [1.54, 1.807) is 26.8 Å². The minimum absolute atomic E-state index is 0.0506. The van der Waals surface area contributed by atoms with Crippen molar-refractivity contribution in [2.24, 2.45) is 39.4 Å². The molecule has 4 aliphatic carbocycles. The van der Waals surface area contributed by atoms with Crippen LogP contribution in [0.25, 0.3) is 0 Å². The first-order valence-electron chi connectivity index (χ1n) is 13.4. The van der Waals surface area contributed by atoms with E-state index in [-0.39, 0.29) is 65.5 Å². The van der Waals surface area contributed by atoms with Crippen LogP contribution >= 0.6 is 0 Å². The third kappa shape index (κ3) is 3.46. The molecule has 2 saturated carbocycles. The van der Waals surface area contributed by atoms with Gasteiger partial charge in [-0.15, -0.1) is 0 Å². The molecule has 2 fully saturated rings. The van der Waals surface area contributed by atoms with Crippen molar-refractivity contribution >= 4 is 17.3 Å². The molecule has 3 N–H and O–H groups in total. The van der Waals surface area contributed by atoms with E-state index in [9.17, 15) is 29.7 Å². The Morgan fingerprint density at radius 1 is 1.06 bits per heavy atom. The highest BCUT2D eigenvalue weighted by Crippen LogP contribution is 2.73. The number of rotatable bonds is 5. The molecule has 0 aliphatic heterocycles. The Hall–Kier alpha value is -1.79. The second kappa shape index (κ2) is 7.86. The summed E-state index contributed by atoms with van der Waals surface area (Å²) >= 11 is 0. The maximum Gasteiger partial charge on any atom is 0.206 e. The van der Waals surface area contributed by atoms with Gasteiger partial charge in [-0.05, 0) is 83.1 Å². The van der Waals surface area contributed by atoms with E-state index >= 15 is 0 Å². The SMILES string of the molecule is CC(C)(O)CCC(=O)[C@](C)(O)[C@H]1CC[C@@]2(C)[C@@H]3CC=C4[C@@H](C=C(O)C(=O)C4(C)C)[C@]3(C)C(=O)C[C@]12C. The van der Waals surface area contributed by atoms with Crippen LogP contribution in [0.15, 0.2) is 23.5 Å². The fraction of sp³-hybridized carbons (Fsp3) is 0.767. The van der Waals surface area contributed by atoms with Crippen LogP contribution in [0, 0.1) is 39.4 Å². The summed E-state index contributed by atoms with van der Waals surface area (Å²) in [6, 6.07) is 0. The summed E-state index contributed by atoms with van der Waals surface area (Å²) in [6.07, 6.45) is 6.36. The molecule has 4 aliphatic rings. The normalized spacial score (nSPS) is 41.4. The van der Waals surface area contributed by atoms with Gasteiger partial charge in [0.15, 0.2) is 11.5 Å². The van der Waals surface area contributed by atoms with Crippen molar-refractivity contribution in [1.82, 2.24) is 0 Å². The third-order valence-corrected chi connectivity index (χ3v) is 11.3. The Kier molecular flexibility index (Phi) is 5.95. The van der Waals surface area contributed by atoms with Crippen LogP contribution in [0.5, 0.6) is 0 Å². The van der Waals surface area contributed by atoms with Gasteiger partial charge in [-0.3, -0.25) is 14.4 Å². The lowest BCUT2D eigenvalue weighted by Gasteiger charge is -2.63. The van der Waals surface area contributed by atoms with Gasteiger partial charge in [-0.2, -0.15) is 0 Å². The first kappa shape index (κ1) is 27.3. The quantitative estimate of drug-likeness (QED) is 0.464. The molecule has 0 bridgehead atoms. The van der Waals surface area contributed by atoms with Gasteiger partial charge in [0.25, 0.3) is 0 Å². The van der Waals surface area contributed by atoms with Gasteiger partial charge in [-0.1, -0.05) is 32.4 Å². The topological polar surface area (TPSA) is 112 Å². The number of carbonyl (C=O) groups is 3. The predicted octanol–water partition coefficient (Wildman–Crippen LogP) is 4.87. The molecule has 0 aromatic heterocycles. The lowest BCUT2D eigenvalue weighted by molar-refractivity contribution is -0.178. The van der Waals surface area contributed by atoms with Crippen LogP contribution in [0.3, 0.4) is 0 Å². The smallest absolute Gasteiger partial charge is 0.206 e. The van der Waals surface area contributed by atoms with Crippen LogP contribution in [0.2, 0.25) is 0 Å². The fourth-order valence-electron chi connectivity index (χ4n) is 8.67. The summed E-state index contributed by atoms with van der Waals surface area (Å²) in [5.41, 5.74) is -4.24. The summed E-state index contributed by atoms with van der Waals surface area (Å²) in [5.74, 6) is -1.57.